The zero-order chi connectivity index (χ0) is 17.8. The van der Waals surface area contributed by atoms with Crippen LogP contribution in [0, 0.1) is 5.92 Å². The summed E-state index contributed by atoms with van der Waals surface area (Å²) in [6, 6.07) is 9.19. The molecule has 0 unspecified atom stereocenters. The highest BCUT2D eigenvalue weighted by atomic mass is 16.5. The quantitative estimate of drug-likeness (QED) is 0.880. The largest absolute Gasteiger partial charge is 0.381 e. The van der Waals surface area contributed by atoms with E-state index in [2.05, 4.69) is 34.5 Å². The van der Waals surface area contributed by atoms with Crippen molar-refractivity contribution < 1.29 is 9.53 Å². The molecule has 1 atom stereocenters. The molecule has 1 amide bonds. The Morgan fingerprint density at radius 2 is 1.77 bits per heavy atom. The molecule has 26 heavy (non-hydrogen) atoms. The molecule has 0 spiro atoms. The summed E-state index contributed by atoms with van der Waals surface area (Å²) in [5.41, 5.74) is 2.32. The second kappa shape index (κ2) is 8.40. The molecule has 142 valence electrons. The van der Waals surface area contributed by atoms with Gasteiger partial charge in [-0.25, -0.2) is 0 Å². The van der Waals surface area contributed by atoms with Crippen molar-refractivity contribution >= 4 is 17.3 Å². The number of hydrogen-bond acceptors (Lipinski definition) is 4. The van der Waals surface area contributed by atoms with Crippen molar-refractivity contribution in [1.29, 1.82) is 0 Å². The molecule has 3 heterocycles. The minimum atomic E-state index is 0.257. The van der Waals surface area contributed by atoms with Crippen LogP contribution in [0.15, 0.2) is 24.3 Å². The van der Waals surface area contributed by atoms with Crippen molar-refractivity contribution in [2.75, 3.05) is 49.2 Å². The number of nitrogens with one attached hydrogen (secondary N) is 1. The summed E-state index contributed by atoms with van der Waals surface area (Å²) >= 11 is 0. The molecule has 0 saturated carbocycles. The highest BCUT2D eigenvalue weighted by Crippen LogP contribution is 2.26. The minimum absolute atomic E-state index is 0.257. The molecule has 0 aliphatic carbocycles. The molecular weight excluding hydrogens is 326 g/mol. The zero-order valence-electron chi connectivity index (χ0n) is 15.7. The first-order valence-electron chi connectivity index (χ1n) is 10.3. The molecule has 0 aromatic heterocycles. The van der Waals surface area contributed by atoms with Gasteiger partial charge in [0.2, 0.25) is 5.91 Å². The van der Waals surface area contributed by atoms with Crippen molar-refractivity contribution in [1.82, 2.24) is 5.32 Å². The number of benzene rings is 1. The van der Waals surface area contributed by atoms with Crippen LogP contribution in [0.5, 0.6) is 0 Å². The summed E-state index contributed by atoms with van der Waals surface area (Å²) in [6.45, 7) is 6.03. The molecule has 3 aliphatic heterocycles. The van der Waals surface area contributed by atoms with Gasteiger partial charge in [0.15, 0.2) is 0 Å². The van der Waals surface area contributed by atoms with Crippen LogP contribution in [0.2, 0.25) is 0 Å². The van der Waals surface area contributed by atoms with Crippen LogP contribution < -0.4 is 15.1 Å². The highest BCUT2D eigenvalue weighted by molar-refractivity contribution is 5.95. The Morgan fingerprint density at radius 1 is 1.00 bits per heavy atom. The van der Waals surface area contributed by atoms with Gasteiger partial charge < -0.3 is 19.9 Å². The second-order valence-electron chi connectivity index (χ2n) is 7.92. The third-order valence-electron chi connectivity index (χ3n) is 6.04. The molecule has 1 N–H and O–H groups in total. The summed E-state index contributed by atoms with van der Waals surface area (Å²) in [7, 11) is 0. The third kappa shape index (κ3) is 4.21. The van der Waals surface area contributed by atoms with Crippen LogP contribution in [0.25, 0.3) is 0 Å². The van der Waals surface area contributed by atoms with Crippen molar-refractivity contribution in [3.8, 4) is 0 Å². The number of ether oxygens (including phenoxy) is 1. The highest BCUT2D eigenvalue weighted by Gasteiger charge is 2.23. The Balaban J connectivity index is 1.24. The van der Waals surface area contributed by atoms with Crippen LogP contribution >= 0.6 is 0 Å². The number of amides is 1. The maximum absolute atomic E-state index is 11.9. The van der Waals surface area contributed by atoms with Crippen molar-refractivity contribution in [3.63, 3.8) is 0 Å². The number of anilines is 2. The molecule has 3 saturated heterocycles. The van der Waals surface area contributed by atoms with E-state index < -0.39 is 0 Å². The third-order valence-corrected chi connectivity index (χ3v) is 6.04. The Labute approximate surface area is 156 Å². The average molecular weight is 357 g/mol. The predicted molar refractivity (Wildman–Crippen MR) is 105 cm³/mol. The van der Waals surface area contributed by atoms with Crippen LogP contribution in [0.1, 0.15) is 38.5 Å². The lowest BCUT2D eigenvalue weighted by Gasteiger charge is -2.35. The lowest BCUT2D eigenvalue weighted by Crippen LogP contribution is -2.44. The predicted octanol–water partition coefficient (Wildman–Crippen LogP) is 2.80. The molecule has 3 aliphatic rings. The first kappa shape index (κ1) is 17.8. The standard InChI is InChI=1S/C21H31N3O2/c25-21-4-1-11-24(21)20-7-5-19(6-8-20)23-12-9-18(10-13-23)22-15-17-3-2-14-26-16-17/h5-8,17-18,22H,1-4,9-16H2/t17-/m1/s1. The number of hydrogen-bond donors (Lipinski definition) is 1. The molecule has 0 radical (unpaired) electrons. The van der Waals surface area contributed by atoms with Gasteiger partial charge >= 0.3 is 0 Å². The normalized spacial score (nSPS) is 25.1. The number of carbonyl (C=O) groups excluding carboxylic acids is 1. The van der Waals surface area contributed by atoms with Crippen molar-refractivity contribution in [2.45, 2.75) is 44.6 Å². The molecule has 1 aromatic carbocycles. The van der Waals surface area contributed by atoms with Gasteiger partial charge in [-0.1, -0.05) is 0 Å². The number of rotatable bonds is 5. The first-order valence-corrected chi connectivity index (χ1v) is 10.3. The minimum Gasteiger partial charge on any atom is -0.381 e. The lowest BCUT2D eigenvalue weighted by molar-refractivity contribution is -0.117. The van der Waals surface area contributed by atoms with E-state index in [9.17, 15) is 4.79 Å². The smallest absolute Gasteiger partial charge is 0.227 e. The van der Waals surface area contributed by atoms with Gasteiger partial charge in [0.05, 0.1) is 6.61 Å². The number of nitrogens with zero attached hydrogens (tertiary/aromatic N) is 2. The zero-order valence-corrected chi connectivity index (χ0v) is 15.7. The fourth-order valence-corrected chi connectivity index (χ4v) is 4.41. The Morgan fingerprint density at radius 3 is 2.42 bits per heavy atom. The maximum atomic E-state index is 11.9. The Bertz CT molecular complexity index is 590. The molecule has 3 fully saturated rings. The van der Waals surface area contributed by atoms with Crippen molar-refractivity contribution in [2.24, 2.45) is 5.92 Å². The van der Waals surface area contributed by atoms with E-state index in [1.54, 1.807) is 0 Å². The van der Waals surface area contributed by atoms with Gasteiger partial charge in [-0.3, -0.25) is 4.79 Å². The van der Waals surface area contributed by atoms with Gasteiger partial charge in [-0.2, -0.15) is 0 Å². The Kier molecular flexibility index (Phi) is 5.75. The summed E-state index contributed by atoms with van der Waals surface area (Å²) in [5, 5.41) is 3.76. The van der Waals surface area contributed by atoms with E-state index in [4.69, 9.17) is 4.74 Å². The fourth-order valence-electron chi connectivity index (χ4n) is 4.41. The van der Waals surface area contributed by atoms with Gasteiger partial charge in [-0.15, -0.1) is 0 Å². The van der Waals surface area contributed by atoms with Gasteiger partial charge in [0, 0.05) is 56.6 Å². The Hall–Kier alpha value is -1.59. The summed E-state index contributed by atoms with van der Waals surface area (Å²) in [4.78, 5) is 16.3. The van der Waals surface area contributed by atoms with Crippen LogP contribution in [-0.4, -0.2) is 51.3 Å². The lowest BCUT2D eigenvalue weighted by atomic mass is 9.99. The number of piperidine rings is 1. The van der Waals surface area contributed by atoms with E-state index in [0.29, 0.717) is 18.4 Å². The van der Waals surface area contributed by atoms with E-state index in [1.807, 2.05) is 4.90 Å². The van der Waals surface area contributed by atoms with E-state index in [0.717, 1.165) is 51.5 Å². The topological polar surface area (TPSA) is 44.8 Å². The van der Waals surface area contributed by atoms with Gasteiger partial charge in [0.25, 0.3) is 0 Å². The SMILES string of the molecule is O=C1CCCN1c1ccc(N2CCC(NC[C@H]3CCCOC3)CC2)cc1. The average Bonchev–Trinajstić information content (AvgIpc) is 3.14. The molecule has 4 rings (SSSR count). The van der Waals surface area contributed by atoms with E-state index >= 15 is 0 Å². The summed E-state index contributed by atoms with van der Waals surface area (Å²) in [6.07, 6.45) is 6.57. The van der Waals surface area contributed by atoms with Crippen molar-refractivity contribution in [3.05, 3.63) is 24.3 Å². The first-order chi connectivity index (χ1) is 12.8. The van der Waals surface area contributed by atoms with Crippen LogP contribution in [0.3, 0.4) is 0 Å². The molecule has 5 heteroatoms. The van der Waals surface area contributed by atoms with Gasteiger partial charge in [-0.05, 0) is 62.3 Å². The summed E-state index contributed by atoms with van der Waals surface area (Å²) in [5.74, 6) is 0.954. The fraction of sp³-hybridized carbons (Fsp3) is 0.667. The van der Waals surface area contributed by atoms with E-state index in [1.165, 1.54) is 31.4 Å². The molecule has 5 nitrogen and oxygen atoms in total. The van der Waals surface area contributed by atoms with Gasteiger partial charge in [0.1, 0.15) is 0 Å². The van der Waals surface area contributed by atoms with Crippen LogP contribution in [0.4, 0.5) is 11.4 Å². The molecule has 1 aromatic rings. The number of carbonyl (C=O) groups is 1. The van der Waals surface area contributed by atoms with Crippen LogP contribution in [-0.2, 0) is 9.53 Å². The summed E-state index contributed by atoms with van der Waals surface area (Å²) < 4.78 is 5.58. The second-order valence-corrected chi connectivity index (χ2v) is 7.92. The van der Waals surface area contributed by atoms with E-state index in [-0.39, 0.29) is 5.91 Å². The monoisotopic (exact) mass is 357 g/mol. The molecular formula is C21H31N3O2. The maximum Gasteiger partial charge on any atom is 0.227 e. The molecule has 0 bridgehead atoms.